The number of carbonyl (C=O) groups excluding carboxylic acids is 1. The summed E-state index contributed by atoms with van der Waals surface area (Å²) in [7, 11) is 0. The summed E-state index contributed by atoms with van der Waals surface area (Å²) in [4.78, 5) is 30.5. The van der Waals surface area contributed by atoms with E-state index in [0.29, 0.717) is 12.4 Å². The summed E-state index contributed by atoms with van der Waals surface area (Å²) < 4.78 is 0. The van der Waals surface area contributed by atoms with Crippen LogP contribution in [0.3, 0.4) is 0 Å². The van der Waals surface area contributed by atoms with E-state index in [0.717, 1.165) is 47.4 Å². The average molecular weight is 382 g/mol. The molecule has 0 aromatic carbocycles. The lowest BCUT2D eigenvalue weighted by atomic mass is 9.97. The molecule has 0 saturated carbocycles. The lowest BCUT2D eigenvalue weighted by molar-refractivity contribution is -0.120. The monoisotopic (exact) mass is 381 g/mol. The highest BCUT2D eigenvalue weighted by molar-refractivity contribution is 7.18. The second-order valence-electron chi connectivity index (χ2n) is 6.98. The van der Waals surface area contributed by atoms with E-state index < -0.39 is 0 Å². The van der Waals surface area contributed by atoms with Crippen LogP contribution in [0.4, 0.5) is 11.6 Å². The first-order valence-corrected chi connectivity index (χ1v) is 10.2. The number of aryl methyl sites for hydroxylation is 2. The van der Waals surface area contributed by atoms with Gasteiger partial charge in [-0.05, 0) is 49.9 Å². The largest absolute Gasteiger partial charge is 0.355 e. The highest BCUT2D eigenvalue weighted by Gasteiger charge is 2.28. The number of hydrogen-bond acceptors (Lipinski definition) is 6. The van der Waals surface area contributed by atoms with Crippen molar-refractivity contribution in [3.05, 3.63) is 41.2 Å². The van der Waals surface area contributed by atoms with Crippen molar-refractivity contribution in [2.45, 2.75) is 33.1 Å². The predicted molar refractivity (Wildman–Crippen MR) is 109 cm³/mol. The molecule has 1 N–H and O–H groups in total. The summed E-state index contributed by atoms with van der Waals surface area (Å²) in [5.74, 6) is 1.52. The van der Waals surface area contributed by atoms with Gasteiger partial charge in [-0.1, -0.05) is 6.92 Å². The number of pyridine rings is 1. The van der Waals surface area contributed by atoms with Gasteiger partial charge in [-0.3, -0.25) is 4.79 Å². The minimum Gasteiger partial charge on any atom is -0.355 e. The summed E-state index contributed by atoms with van der Waals surface area (Å²) in [6.07, 6.45) is 6.20. The molecule has 0 aliphatic carbocycles. The molecule has 0 spiro atoms. The molecule has 4 rings (SSSR count). The third-order valence-electron chi connectivity index (χ3n) is 4.97. The fourth-order valence-corrected chi connectivity index (χ4v) is 4.47. The fraction of sp³-hybridized carbons (Fsp3) is 0.400. The Morgan fingerprint density at radius 2 is 2.22 bits per heavy atom. The second-order valence-corrected chi connectivity index (χ2v) is 8.09. The van der Waals surface area contributed by atoms with Crippen molar-refractivity contribution in [3.8, 4) is 0 Å². The van der Waals surface area contributed by atoms with Gasteiger partial charge in [-0.2, -0.15) is 0 Å². The van der Waals surface area contributed by atoms with Crippen LogP contribution in [0.1, 0.15) is 30.2 Å². The standard InChI is InChI=1S/C20H23N5OS/c1-3-15-10-16-18(22-12-23-20(16)27-15)25-8-4-5-14(11-25)19(26)24-17-9-13(2)6-7-21-17/h6-7,9-10,12,14H,3-5,8,11H2,1-2H3,(H,21,24,26). The summed E-state index contributed by atoms with van der Waals surface area (Å²) in [6, 6.07) is 6.00. The van der Waals surface area contributed by atoms with Crippen molar-refractivity contribution in [1.82, 2.24) is 15.0 Å². The van der Waals surface area contributed by atoms with E-state index in [1.54, 1.807) is 23.9 Å². The molecule has 1 atom stereocenters. The van der Waals surface area contributed by atoms with Crippen LogP contribution in [-0.4, -0.2) is 33.9 Å². The van der Waals surface area contributed by atoms with Gasteiger partial charge in [0.2, 0.25) is 5.91 Å². The van der Waals surface area contributed by atoms with Crippen LogP contribution in [0, 0.1) is 12.8 Å². The van der Waals surface area contributed by atoms with Gasteiger partial charge in [-0.15, -0.1) is 11.3 Å². The molecule has 1 aliphatic rings. The number of anilines is 2. The van der Waals surface area contributed by atoms with E-state index in [4.69, 9.17) is 0 Å². The highest BCUT2D eigenvalue weighted by atomic mass is 32.1. The van der Waals surface area contributed by atoms with Crippen molar-refractivity contribution in [2.75, 3.05) is 23.3 Å². The topological polar surface area (TPSA) is 71.0 Å². The van der Waals surface area contributed by atoms with E-state index >= 15 is 0 Å². The maximum atomic E-state index is 12.8. The molecule has 1 amide bonds. The highest BCUT2D eigenvalue weighted by Crippen LogP contribution is 2.32. The van der Waals surface area contributed by atoms with Gasteiger partial charge < -0.3 is 10.2 Å². The number of nitrogens with zero attached hydrogens (tertiary/aromatic N) is 4. The zero-order chi connectivity index (χ0) is 18.8. The molecule has 0 radical (unpaired) electrons. The molecule has 1 fully saturated rings. The molecule has 0 bridgehead atoms. The SMILES string of the molecule is CCc1cc2c(N3CCCC(C(=O)Nc4cc(C)ccn4)C3)ncnc2s1. The Kier molecular flexibility index (Phi) is 5.03. The summed E-state index contributed by atoms with van der Waals surface area (Å²) >= 11 is 1.72. The van der Waals surface area contributed by atoms with E-state index in [9.17, 15) is 4.79 Å². The Morgan fingerprint density at radius 3 is 3.04 bits per heavy atom. The Morgan fingerprint density at radius 1 is 1.33 bits per heavy atom. The Balaban J connectivity index is 1.53. The maximum Gasteiger partial charge on any atom is 0.230 e. The predicted octanol–water partition coefficient (Wildman–Crippen LogP) is 3.81. The number of aromatic nitrogens is 3. The Bertz CT molecular complexity index is 970. The van der Waals surface area contributed by atoms with Crippen LogP contribution in [0.15, 0.2) is 30.7 Å². The molecular weight excluding hydrogens is 358 g/mol. The summed E-state index contributed by atoms with van der Waals surface area (Å²) in [5, 5.41) is 4.07. The van der Waals surface area contributed by atoms with Gasteiger partial charge in [0.15, 0.2) is 0 Å². The van der Waals surface area contributed by atoms with Gasteiger partial charge in [0.05, 0.1) is 11.3 Å². The van der Waals surface area contributed by atoms with Crippen LogP contribution < -0.4 is 10.2 Å². The minimum absolute atomic E-state index is 0.0302. The molecule has 3 aromatic heterocycles. The first-order valence-electron chi connectivity index (χ1n) is 9.36. The van der Waals surface area contributed by atoms with Gasteiger partial charge in [0.1, 0.15) is 22.8 Å². The van der Waals surface area contributed by atoms with Crippen LogP contribution in [0.25, 0.3) is 10.2 Å². The van der Waals surface area contributed by atoms with E-state index in [1.165, 1.54) is 4.88 Å². The summed E-state index contributed by atoms with van der Waals surface area (Å²) in [6.45, 7) is 5.72. The van der Waals surface area contributed by atoms with Crippen molar-refractivity contribution in [2.24, 2.45) is 5.92 Å². The number of fused-ring (bicyclic) bond motifs is 1. The average Bonchev–Trinajstić information content (AvgIpc) is 3.11. The third kappa shape index (κ3) is 3.78. The zero-order valence-electron chi connectivity index (χ0n) is 15.6. The lowest BCUT2D eigenvalue weighted by Gasteiger charge is -2.33. The Hall–Kier alpha value is -2.54. The molecule has 1 saturated heterocycles. The zero-order valence-corrected chi connectivity index (χ0v) is 16.4. The van der Waals surface area contributed by atoms with Crippen LogP contribution in [-0.2, 0) is 11.2 Å². The number of rotatable bonds is 4. The molecule has 3 aromatic rings. The first-order chi connectivity index (χ1) is 13.1. The molecule has 4 heterocycles. The van der Waals surface area contributed by atoms with E-state index in [1.807, 2.05) is 19.1 Å². The second kappa shape index (κ2) is 7.60. The van der Waals surface area contributed by atoms with Gasteiger partial charge in [0.25, 0.3) is 0 Å². The maximum absolute atomic E-state index is 12.8. The first kappa shape index (κ1) is 17.9. The van der Waals surface area contributed by atoms with Crippen molar-refractivity contribution >= 4 is 39.1 Å². The molecule has 1 aliphatic heterocycles. The Labute approximate surface area is 162 Å². The molecule has 7 heteroatoms. The van der Waals surface area contributed by atoms with Crippen molar-refractivity contribution in [1.29, 1.82) is 0 Å². The van der Waals surface area contributed by atoms with E-state index in [-0.39, 0.29) is 11.8 Å². The smallest absolute Gasteiger partial charge is 0.230 e. The number of thiophene rings is 1. The molecule has 1 unspecified atom stereocenters. The fourth-order valence-electron chi connectivity index (χ4n) is 3.54. The third-order valence-corrected chi connectivity index (χ3v) is 6.15. The van der Waals surface area contributed by atoms with Gasteiger partial charge in [-0.25, -0.2) is 15.0 Å². The van der Waals surface area contributed by atoms with E-state index in [2.05, 4.69) is 38.2 Å². The number of amides is 1. The minimum atomic E-state index is -0.0737. The molecule has 6 nitrogen and oxygen atoms in total. The normalized spacial score (nSPS) is 17.3. The van der Waals surface area contributed by atoms with Gasteiger partial charge >= 0.3 is 0 Å². The quantitative estimate of drug-likeness (QED) is 0.744. The number of carbonyl (C=O) groups is 1. The summed E-state index contributed by atoms with van der Waals surface area (Å²) in [5.41, 5.74) is 1.08. The number of nitrogens with one attached hydrogen (secondary N) is 1. The number of piperidine rings is 1. The van der Waals surface area contributed by atoms with Crippen molar-refractivity contribution in [3.63, 3.8) is 0 Å². The molecule has 27 heavy (non-hydrogen) atoms. The van der Waals surface area contributed by atoms with Gasteiger partial charge in [0, 0.05) is 24.2 Å². The van der Waals surface area contributed by atoms with Crippen LogP contribution in [0.2, 0.25) is 0 Å². The van der Waals surface area contributed by atoms with Crippen LogP contribution in [0.5, 0.6) is 0 Å². The molecular formula is C20H23N5OS. The molecule has 140 valence electrons. The lowest BCUT2D eigenvalue weighted by Crippen LogP contribution is -2.41. The van der Waals surface area contributed by atoms with Crippen molar-refractivity contribution < 1.29 is 4.79 Å². The van der Waals surface area contributed by atoms with Crippen LogP contribution >= 0.6 is 11.3 Å². The number of hydrogen-bond donors (Lipinski definition) is 1.